The molecule has 0 saturated heterocycles. The minimum Gasteiger partial charge on any atom is -0.477 e. The summed E-state index contributed by atoms with van der Waals surface area (Å²) in [6.45, 7) is 0. The van der Waals surface area contributed by atoms with Gasteiger partial charge < -0.3 is 10.1 Å². The Labute approximate surface area is 99.2 Å². The SMILES string of the molecule is O=C(O)c1[nH]c(=S)sc1-c1ccc(F)cc1. The van der Waals surface area contributed by atoms with E-state index in [9.17, 15) is 9.18 Å². The molecule has 0 saturated carbocycles. The maximum atomic E-state index is 12.7. The Balaban J connectivity index is 2.59. The highest BCUT2D eigenvalue weighted by atomic mass is 32.1. The summed E-state index contributed by atoms with van der Waals surface area (Å²) in [5, 5.41) is 8.95. The van der Waals surface area contributed by atoms with E-state index in [1.54, 1.807) is 0 Å². The van der Waals surface area contributed by atoms with Crippen molar-refractivity contribution in [1.29, 1.82) is 0 Å². The highest BCUT2D eigenvalue weighted by molar-refractivity contribution is 7.73. The smallest absolute Gasteiger partial charge is 0.353 e. The quantitative estimate of drug-likeness (QED) is 0.809. The first kappa shape index (κ1) is 11.0. The van der Waals surface area contributed by atoms with Crippen LogP contribution >= 0.6 is 23.6 Å². The molecule has 16 heavy (non-hydrogen) atoms. The van der Waals surface area contributed by atoms with Crippen molar-refractivity contribution in [2.75, 3.05) is 0 Å². The van der Waals surface area contributed by atoms with E-state index in [1.165, 1.54) is 24.3 Å². The van der Waals surface area contributed by atoms with Gasteiger partial charge in [0.2, 0.25) is 0 Å². The summed E-state index contributed by atoms with van der Waals surface area (Å²) >= 11 is 6.05. The summed E-state index contributed by atoms with van der Waals surface area (Å²) < 4.78 is 13.1. The van der Waals surface area contributed by atoms with Crippen LogP contribution in [0.3, 0.4) is 0 Å². The second-order valence-corrected chi connectivity index (χ2v) is 4.72. The molecule has 0 aliphatic rings. The lowest BCUT2D eigenvalue weighted by Gasteiger charge is -1.98. The predicted octanol–water partition coefficient (Wildman–Crippen LogP) is 3.31. The van der Waals surface area contributed by atoms with Gasteiger partial charge in [0, 0.05) is 0 Å². The zero-order chi connectivity index (χ0) is 11.7. The summed E-state index contributed by atoms with van der Waals surface area (Å²) in [6.07, 6.45) is 0. The second-order valence-electron chi connectivity index (χ2n) is 3.03. The molecule has 1 aromatic carbocycles. The summed E-state index contributed by atoms with van der Waals surface area (Å²) in [5.41, 5.74) is 0.678. The number of rotatable bonds is 2. The third-order valence-corrected chi connectivity index (χ3v) is 3.25. The molecular weight excluding hydrogens is 249 g/mol. The number of thiazole rings is 1. The maximum Gasteiger partial charge on any atom is 0.353 e. The number of carboxylic acids is 1. The third kappa shape index (κ3) is 2.02. The molecule has 1 aromatic heterocycles. The fraction of sp³-hybridized carbons (Fsp3) is 0. The van der Waals surface area contributed by atoms with Crippen molar-refractivity contribution in [2.24, 2.45) is 0 Å². The van der Waals surface area contributed by atoms with Crippen molar-refractivity contribution in [1.82, 2.24) is 4.98 Å². The molecule has 0 unspecified atom stereocenters. The number of hydrogen-bond donors (Lipinski definition) is 2. The van der Waals surface area contributed by atoms with Crippen LogP contribution in [0.15, 0.2) is 24.3 Å². The molecular formula is C10H6FNO2S2. The normalized spacial score (nSPS) is 10.3. The molecule has 2 N–H and O–H groups in total. The fourth-order valence-corrected chi connectivity index (χ4v) is 2.47. The van der Waals surface area contributed by atoms with Gasteiger partial charge in [0.25, 0.3) is 0 Å². The van der Waals surface area contributed by atoms with Crippen LogP contribution in [-0.2, 0) is 0 Å². The van der Waals surface area contributed by atoms with E-state index in [0.717, 1.165) is 11.3 Å². The number of hydrogen-bond acceptors (Lipinski definition) is 3. The average Bonchev–Trinajstić information content (AvgIpc) is 2.61. The van der Waals surface area contributed by atoms with Crippen molar-refractivity contribution in [3.8, 4) is 10.4 Å². The number of aromatic amines is 1. The lowest BCUT2D eigenvalue weighted by atomic mass is 10.1. The third-order valence-electron chi connectivity index (χ3n) is 1.97. The van der Waals surface area contributed by atoms with E-state index >= 15 is 0 Å². The Morgan fingerprint density at radius 3 is 2.56 bits per heavy atom. The van der Waals surface area contributed by atoms with Gasteiger partial charge in [0.1, 0.15) is 11.5 Å². The first-order chi connectivity index (χ1) is 7.58. The van der Waals surface area contributed by atoms with Crippen LogP contribution in [0.2, 0.25) is 0 Å². The van der Waals surface area contributed by atoms with Crippen molar-refractivity contribution in [3.05, 3.63) is 39.7 Å². The maximum absolute atomic E-state index is 12.7. The van der Waals surface area contributed by atoms with Crippen molar-refractivity contribution in [2.45, 2.75) is 0 Å². The van der Waals surface area contributed by atoms with Gasteiger partial charge in [-0.3, -0.25) is 0 Å². The molecule has 0 spiro atoms. The molecule has 0 amide bonds. The summed E-state index contributed by atoms with van der Waals surface area (Å²) in [4.78, 5) is 14.0. The molecule has 0 bridgehead atoms. The molecule has 0 fully saturated rings. The standard InChI is InChI=1S/C10H6FNO2S2/c11-6-3-1-5(2-4-6)8-7(9(13)14)12-10(15)16-8/h1-4H,(H,12,15)(H,13,14). The zero-order valence-electron chi connectivity index (χ0n) is 7.86. The monoisotopic (exact) mass is 255 g/mol. The van der Waals surface area contributed by atoms with Gasteiger partial charge in [-0.2, -0.15) is 0 Å². The van der Waals surface area contributed by atoms with Crippen LogP contribution in [0.1, 0.15) is 10.5 Å². The number of benzene rings is 1. The number of halogens is 1. The Bertz CT molecular complexity index is 586. The van der Waals surface area contributed by atoms with E-state index in [2.05, 4.69) is 4.98 Å². The highest BCUT2D eigenvalue weighted by Crippen LogP contribution is 2.28. The number of aromatic nitrogens is 1. The number of H-pyrrole nitrogens is 1. The zero-order valence-corrected chi connectivity index (χ0v) is 9.49. The molecule has 3 nitrogen and oxygen atoms in total. The Kier molecular flexibility index (Phi) is 2.84. The van der Waals surface area contributed by atoms with Crippen LogP contribution in [0.5, 0.6) is 0 Å². The van der Waals surface area contributed by atoms with Crippen molar-refractivity contribution < 1.29 is 14.3 Å². The average molecular weight is 255 g/mol. The summed E-state index contributed by atoms with van der Waals surface area (Å²) in [5.74, 6) is -1.44. The molecule has 0 aliphatic carbocycles. The molecule has 1 heterocycles. The van der Waals surface area contributed by atoms with Crippen LogP contribution in [0.4, 0.5) is 4.39 Å². The molecule has 82 valence electrons. The van der Waals surface area contributed by atoms with E-state index in [1.807, 2.05) is 0 Å². The minimum absolute atomic E-state index is 0.0432. The van der Waals surface area contributed by atoms with Gasteiger partial charge in [0.15, 0.2) is 3.95 Å². The van der Waals surface area contributed by atoms with Gasteiger partial charge in [-0.1, -0.05) is 12.1 Å². The van der Waals surface area contributed by atoms with Gasteiger partial charge in [-0.15, -0.1) is 11.3 Å². The lowest BCUT2D eigenvalue weighted by molar-refractivity contribution is 0.0692. The highest BCUT2D eigenvalue weighted by Gasteiger charge is 2.14. The second kappa shape index (κ2) is 4.15. The summed E-state index contributed by atoms with van der Waals surface area (Å²) in [7, 11) is 0. The predicted molar refractivity (Wildman–Crippen MR) is 61.9 cm³/mol. The topological polar surface area (TPSA) is 53.1 Å². The molecule has 0 aliphatic heterocycles. The Morgan fingerprint density at radius 2 is 2.00 bits per heavy atom. The largest absolute Gasteiger partial charge is 0.477 e. The summed E-state index contributed by atoms with van der Waals surface area (Å²) in [6, 6.07) is 5.61. The molecule has 2 aromatic rings. The Hall–Kier alpha value is -1.53. The fourth-order valence-electron chi connectivity index (χ4n) is 1.28. The number of carbonyl (C=O) groups is 1. The lowest BCUT2D eigenvalue weighted by Crippen LogP contribution is -1.98. The number of carboxylic acid groups (broad SMARTS) is 1. The van der Waals surface area contributed by atoms with Gasteiger partial charge in [0.05, 0.1) is 4.88 Å². The van der Waals surface area contributed by atoms with Crippen molar-refractivity contribution in [3.63, 3.8) is 0 Å². The van der Waals surface area contributed by atoms with E-state index in [0.29, 0.717) is 14.4 Å². The van der Waals surface area contributed by atoms with Gasteiger partial charge in [-0.05, 0) is 29.9 Å². The van der Waals surface area contributed by atoms with Gasteiger partial charge >= 0.3 is 5.97 Å². The molecule has 2 rings (SSSR count). The van der Waals surface area contributed by atoms with Crippen LogP contribution < -0.4 is 0 Å². The van der Waals surface area contributed by atoms with Crippen LogP contribution in [-0.4, -0.2) is 16.1 Å². The van der Waals surface area contributed by atoms with Crippen LogP contribution in [0.25, 0.3) is 10.4 Å². The van der Waals surface area contributed by atoms with E-state index < -0.39 is 5.97 Å². The Morgan fingerprint density at radius 1 is 1.38 bits per heavy atom. The van der Waals surface area contributed by atoms with Crippen molar-refractivity contribution >= 4 is 29.5 Å². The minimum atomic E-state index is -1.08. The molecule has 6 heteroatoms. The van der Waals surface area contributed by atoms with E-state index in [-0.39, 0.29) is 11.5 Å². The number of nitrogens with one attached hydrogen (secondary N) is 1. The molecule has 0 radical (unpaired) electrons. The van der Waals surface area contributed by atoms with E-state index in [4.69, 9.17) is 17.3 Å². The van der Waals surface area contributed by atoms with Gasteiger partial charge in [-0.25, -0.2) is 9.18 Å². The molecule has 0 atom stereocenters. The first-order valence-corrected chi connectivity index (χ1v) is 5.53. The number of aromatic carboxylic acids is 1. The van der Waals surface area contributed by atoms with Crippen LogP contribution in [0, 0.1) is 9.77 Å². The first-order valence-electron chi connectivity index (χ1n) is 4.30.